The number of nitrogen functional groups attached to an aromatic ring is 1. The maximum atomic E-state index is 13.4. The van der Waals surface area contributed by atoms with E-state index in [1.165, 1.54) is 10.9 Å². The Morgan fingerprint density at radius 2 is 1.80 bits per heavy atom. The van der Waals surface area contributed by atoms with Crippen molar-refractivity contribution in [2.45, 2.75) is 49.9 Å². The molecule has 252 valence electrons. The monoisotopic (exact) mass is 693 g/mol. The summed E-state index contributed by atoms with van der Waals surface area (Å²) in [6.45, 7) is 1.05. The number of fused-ring (bicyclic) bond motifs is 1. The first-order chi connectivity index (χ1) is 23.3. The molecule has 7 rings (SSSR count). The van der Waals surface area contributed by atoms with Crippen LogP contribution in [0.1, 0.15) is 63.9 Å². The van der Waals surface area contributed by atoms with Gasteiger partial charge in [-0.05, 0) is 62.1 Å². The second-order valence-electron chi connectivity index (χ2n) is 12.4. The van der Waals surface area contributed by atoms with E-state index in [0.717, 1.165) is 23.1 Å². The molecule has 1 atom stereocenters. The Labute approximate surface area is 281 Å². The van der Waals surface area contributed by atoms with E-state index >= 15 is 0 Å². The Balaban J connectivity index is 1.01. The molecule has 1 aromatic heterocycles. The number of alkyl halides is 3. The smallest absolute Gasteiger partial charge is 0.383 e. The first-order valence-electron chi connectivity index (χ1n) is 15.4. The van der Waals surface area contributed by atoms with Gasteiger partial charge < -0.3 is 16.0 Å². The molecule has 1 aliphatic carbocycles. The number of carbonyl (C=O) groups is 5. The Kier molecular flexibility index (Phi) is 7.66. The van der Waals surface area contributed by atoms with Crippen LogP contribution in [0, 0.1) is 17.8 Å². The number of aromatic nitrogens is 2. The van der Waals surface area contributed by atoms with Crippen LogP contribution < -0.4 is 21.3 Å². The lowest BCUT2D eigenvalue weighted by Crippen LogP contribution is -2.54. The fraction of sp³-hybridized carbons (Fsp3) is 0.333. The van der Waals surface area contributed by atoms with Crippen molar-refractivity contribution in [2.24, 2.45) is 5.92 Å². The van der Waals surface area contributed by atoms with E-state index < -0.39 is 52.9 Å². The third-order valence-electron chi connectivity index (χ3n) is 9.44. The molecule has 49 heavy (non-hydrogen) atoms. The molecule has 0 radical (unpaired) electrons. The summed E-state index contributed by atoms with van der Waals surface area (Å²) in [5.41, 5.74) is 5.87. The molecule has 0 bridgehead atoms. The highest BCUT2D eigenvalue weighted by molar-refractivity contribution is 6.33. The van der Waals surface area contributed by atoms with E-state index in [4.69, 9.17) is 17.3 Å². The topological polar surface area (TPSA) is 160 Å². The van der Waals surface area contributed by atoms with E-state index in [-0.39, 0.29) is 46.4 Å². The minimum absolute atomic E-state index is 0.0368. The summed E-state index contributed by atoms with van der Waals surface area (Å²) in [4.78, 5) is 66.4. The number of piperidine rings is 1. The van der Waals surface area contributed by atoms with E-state index in [9.17, 15) is 37.1 Å². The first-order valence-corrected chi connectivity index (χ1v) is 15.8. The molecule has 3 aromatic rings. The number of hydrogen-bond donors (Lipinski definition) is 3. The van der Waals surface area contributed by atoms with Crippen LogP contribution >= 0.6 is 11.6 Å². The highest BCUT2D eigenvalue weighted by atomic mass is 35.5. The zero-order valence-electron chi connectivity index (χ0n) is 25.6. The molecule has 4 aliphatic rings. The fourth-order valence-corrected chi connectivity index (χ4v) is 6.72. The molecule has 2 aromatic carbocycles. The van der Waals surface area contributed by atoms with Gasteiger partial charge in [0.2, 0.25) is 11.8 Å². The molecule has 4 N–H and O–H groups in total. The molecular formula is C33H27ClF3N7O5. The van der Waals surface area contributed by atoms with E-state index in [1.807, 2.05) is 4.90 Å². The van der Waals surface area contributed by atoms with E-state index in [2.05, 4.69) is 27.6 Å². The largest absolute Gasteiger partial charge is 0.416 e. The minimum atomic E-state index is -4.58. The SMILES string of the molecule is Nc1c(C#CC2CN(c3ccc4c(c3)C(=O)N(C3CCC(=O)NC3=O)C4=O)C2)cnn1C1(C(=O)Nc2ccc(C(F)(F)F)cc2Cl)CCC1. The number of amides is 5. The fourth-order valence-electron chi connectivity index (χ4n) is 6.49. The average Bonchev–Trinajstić information content (AvgIpc) is 3.48. The zero-order chi connectivity index (χ0) is 34.8. The first kappa shape index (κ1) is 32.2. The van der Waals surface area contributed by atoms with E-state index in [0.29, 0.717) is 43.6 Å². The lowest BCUT2D eigenvalue weighted by molar-refractivity contribution is -0.138. The van der Waals surface area contributed by atoms with Gasteiger partial charge in [0.25, 0.3) is 17.7 Å². The molecule has 1 unspecified atom stereocenters. The summed E-state index contributed by atoms with van der Waals surface area (Å²) in [6.07, 6.45) is -1.47. The lowest BCUT2D eigenvalue weighted by Gasteiger charge is -2.40. The molecule has 16 heteroatoms. The molecule has 3 fully saturated rings. The number of imide groups is 2. The average molecular weight is 694 g/mol. The van der Waals surface area contributed by atoms with Crippen LogP contribution in [0.3, 0.4) is 0 Å². The summed E-state index contributed by atoms with van der Waals surface area (Å²) in [5, 5.41) is 8.91. The summed E-state index contributed by atoms with van der Waals surface area (Å²) in [7, 11) is 0. The van der Waals surface area contributed by atoms with Gasteiger partial charge in [0.15, 0.2) is 0 Å². The molecule has 2 saturated heterocycles. The van der Waals surface area contributed by atoms with Crippen LogP contribution in [-0.2, 0) is 26.1 Å². The van der Waals surface area contributed by atoms with Gasteiger partial charge in [-0.15, -0.1) is 0 Å². The van der Waals surface area contributed by atoms with Crippen molar-refractivity contribution in [3.8, 4) is 11.8 Å². The summed E-state index contributed by atoms with van der Waals surface area (Å²) >= 11 is 6.06. The second kappa shape index (κ2) is 11.7. The van der Waals surface area contributed by atoms with Gasteiger partial charge in [-0.2, -0.15) is 18.3 Å². The molecule has 0 spiro atoms. The number of rotatable bonds is 5. The van der Waals surface area contributed by atoms with Gasteiger partial charge in [-0.1, -0.05) is 23.4 Å². The summed E-state index contributed by atoms with van der Waals surface area (Å²) in [5.74, 6) is 3.55. The Morgan fingerprint density at radius 3 is 2.45 bits per heavy atom. The predicted molar refractivity (Wildman–Crippen MR) is 169 cm³/mol. The van der Waals surface area contributed by atoms with Crippen molar-refractivity contribution in [1.82, 2.24) is 20.0 Å². The highest BCUT2D eigenvalue weighted by Gasteiger charge is 2.49. The maximum Gasteiger partial charge on any atom is 0.416 e. The lowest BCUT2D eigenvalue weighted by atomic mass is 9.76. The number of anilines is 3. The predicted octanol–water partition coefficient (Wildman–Crippen LogP) is 3.54. The number of hydrogen-bond acceptors (Lipinski definition) is 8. The maximum absolute atomic E-state index is 13.4. The van der Waals surface area contributed by atoms with Gasteiger partial charge in [0.1, 0.15) is 17.4 Å². The standard InChI is InChI=1S/C33H27ClF3N7O5/c34-23-12-19(33(35,36)37)4-7-24(23)40-31(49)32(10-1-11-32)44-27(38)18(14-39-44)3-2-17-15-42(16-17)20-5-6-21-22(13-20)30(48)43(29(21)47)25-8-9-26(45)41-28(25)46/h4-7,12-14,17,25H,1,8-11,15-16,38H2,(H,40,49)(H,41,45,46). The Bertz CT molecular complexity index is 2020. The molecule has 12 nitrogen and oxygen atoms in total. The van der Waals surface area contributed by atoms with Gasteiger partial charge in [-0.3, -0.25) is 34.2 Å². The molecule has 1 saturated carbocycles. The van der Waals surface area contributed by atoms with Crippen LogP contribution in [0.5, 0.6) is 0 Å². The minimum Gasteiger partial charge on any atom is -0.383 e. The Morgan fingerprint density at radius 1 is 1.06 bits per heavy atom. The van der Waals surface area contributed by atoms with Gasteiger partial charge in [0, 0.05) is 25.2 Å². The quantitative estimate of drug-likeness (QED) is 0.270. The van der Waals surface area contributed by atoms with Gasteiger partial charge in [0.05, 0.1) is 45.1 Å². The summed E-state index contributed by atoms with van der Waals surface area (Å²) < 4.78 is 40.5. The molecule has 4 heterocycles. The van der Waals surface area contributed by atoms with Crippen LogP contribution in [-0.4, -0.2) is 63.3 Å². The van der Waals surface area contributed by atoms with Crippen molar-refractivity contribution in [3.05, 3.63) is 69.9 Å². The number of benzene rings is 2. The second-order valence-corrected chi connectivity index (χ2v) is 12.8. The van der Waals surface area contributed by atoms with Crippen LogP contribution in [0.2, 0.25) is 5.02 Å². The molecule has 3 aliphatic heterocycles. The third kappa shape index (κ3) is 5.45. The van der Waals surface area contributed by atoms with Gasteiger partial charge in [-0.25, -0.2) is 4.68 Å². The van der Waals surface area contributed by atoms with Crippen molar-refractivity contribution < 1.29 is 37.1 Å². The van der Waals surface area contributed by atoms with Crippen molar-refractivity contribution in [2.75, 3.05) is 29.0 Å². The highest BCUT2D eigenvalue weighted by Crippen LogP contribution is 2.43. The summed E-state index contributed by atoms with van der Waals surface area (Å²) in [6, 6.07) is 6.57. The number of nitrogens with zero attached hydrogens (tertiary/aromatic N) is 4. The number of nitrogens with one attached hydrogen (secondary N) is 2. The third-order valence-corrected chi connectivity index (χ3v) is 9.75. The number of nitrogens with two attached hydrogens (primary N) is 1. The molecular weight excluding hydrogens is 667 g/mol. The van der Waals surface area contributed by atoms with Crippen molar-refractivity contribution >= 4 is 58.3 Å². The number of carbonyl (C=O) groups excluding carboxylic acids is 5. The Hall–Kier alpha value is -5.36. The van der Waals surface area contributed by atoms with Crippen molar-refractivity contribution in [3.63, 3.8) is 0 Å². The van der Waals surface area contributed by atoms with Crippen LogP contribution in [0.25, 0.3) is 0 Å². The number of halogens is 4. The van der Waals surface area contributed by atoms with Crippen molar-refractivity contribution in [1.29, 1.82) is 0 Å². The molecule has 5 amide bonds. The van der Waals surface area contributed by atoms with E-state index in [1.54, 1.807) is 18.2 Å². The van der Waals surface area contributed by atoms with Gasteiger partial charge >= 0.3 is 6.18 Å². The zero-order valence-corrected chi connectivity index (χ0v) is 26.3. The van der Waals surface area contributed by atoms with Crippen LogP contribution in [0.4, 0.5) is 30.4 Å². The van der Waals surface area contributed by atoms with Crippen LogP contribution in [0.15, 0.2) is 42.6 Å². The normalized spacial score (nSPS) is 20.2.